The van der Waals surface area contributed by atoms with Crippen LogP contribution in [0.15, 0.2) is 68.9 Å². The molecule has 1 amide bonds. The van der Waals surface area contributed by atoms with Crippen LogP contribution in [0, 0.1) is 0 Å². The number of carbonyl (C=O) groups is 1. The molecule has 0 atom stereocenters. The topological polar surface area (TPSA) is 106 Å². The Kier molecular flexibility index (Phi) is 6.03. The van der Waals surface area contributed by atoms with Gasteiger partial charge in [0.1, 0.15) is 11.5 Å². The second-order valence-electron chi connectivity index (χ2n) is 6.60. The number of aromatic nitrogens is 4. The number of aryl methyl sites for hydroxylation is 1. The van der Waals surface area contributed by atoms with Gasteiger partial charge >= 0.3 is 0 Å². The maximum absolute atomic E-state index is 13.1. The van der Waals surface area contributed by atoms with E-state index in [1.807, 2.05) is 32.0 Å². The molecule has 0 radical (unpaired) electrons. The summed E-state index contributed by atoms with van der Waals surface area (Å²) in [4.78, 5) is 33.2. The van der Waals surface area contributed by atoms with Crippen molar-refractivity contribution in [2.45, 2.75) is 25.2 Å². The van der Waals surface area contributed by atoms with Crippen LogP contribution < -0.4 is 10.9 Å². The van der Waals surface area contributed by atoms with Crippen molar-refractivity contribution in [2.24, 2.45) is 0 Å². The zero-order valence-corrected chi connectivity index (χ0v) is 17.9. The van der Waals surface area contributed by atoms with E-state index in [2.05, 4.69) is 20.4 Å². The van der Waals surface area contributed by atoms with Crippen LogP contribution in [0.3, 0.4) is 0 Å². The molecule has 0 aliphatic rings. The lowest BCUT2D eigenvalue weighted by atomic mass is 10.2. The van der Waals surface area contributed by atoms with Crippen LogP contribution in [-0.2, 0) is 6.42 Å². The lowest BCUT2D eigenvalue weighted by Gasteiger charge is -2.11. The first-order valence-corrected chi connectivity index (χ1v) is 10.8. The summed E-state index contributed by atoms with van der Waals surface area (Å²) in [6.07, 6.45) is 2.13. The van der Waals surface area contributed by atoms with Crippen LogP contribution >= 0.6 is 11.8 Å². The van der Waals surface area contributed by atoms with Gasteiger partial charge in [0.25, 0.3) is 11.5 Å². The van der Waals surface area contributed by atoms with Crippen molar-refractivity contribution in [3.63, 3.8) is 0 Å². The zero-order valence-electron chi connectivity index (χ0n) is 17.1. The van der Waals surface area contributed by atoms with Gasteiger partial charge in [-0.25, -0.2) is 4.98 Å². The second kappa shape index (κ2) is 9.05. The summed E-state index contributed by atoms with van der Waals surface area (Å²) >= 11 is 1.59. The molecule has 8 nitrogen and oxygen atoms in total. The standard InChI is InChI=1S/C22H21N5O3S/c1-3-14-12-20(28)25-22(23-14)27-19(13-16(26-27)17-9-7-11-30-17)24-21(29)15-8-5-6-10-18(15)31-4-2/h5-13H,3-4H2,1-2H3,(H,24,29)(H,23,25,28). The molecule has 9 heteroatoms. The smallest absolute Gasteiger partial charge is 0.257 e. The van der Waals surface area contributed by atoms with Crippen LogP contribution in [0.25, 0.3) is 17.4 Å². The summed E-state index contributed by atoms with van der Waals surface area (Å²) in [6.45, 7) is 3.95. The van der Waals surface area contributed by atoms with Crippen LogP contribution in [-0.4, -0.2) is 31.4 Å². The van der Waals surface area contributed by atoms with Crippen LogP contribution in [0.2, 0.25) is 0 Å². The molecule has 2 N–H and O–H groups in total. The monoisotopic (exact) mass is 435 g/mol. The lowest BCUT2D eigenvalue weighted by molar-refractivity contribution is 0.102. The van der Waals surface area contributed by atoms with E-state index < -0.39 is 0 Å². The summed E-state index contributed by atoms with van der Waals surface area (Å²) in [5.41, 5.74) is 1.39. The number of anilines is 1. The molecular weight excluding hydrogens is 414 g/mol. The molecule has 0 fully saturated rings. The summed E-state index contributed by atoms with van der Waals surface area (Å²) in [5, 5.41) is 7.42. The molecule has 4 aromatic rings. The largest absolute Gasteiger partial charge is 0.463 e. The number of hydrogen-bond acceptors (Lipinski definition) is 6. The minimum atomic E-state index is -0.293. The molecule has 3 aromatic heterocycles. The molecule has 31 heavy (non-hydrogen) atoms. The minimum Gasteiger partial charge on any atom is -0.463 e. The number of nitrogens with zero attached hydrogens (tertiary/aromatic N) is 3. The number of H-pyrrole nitrogens is 1. The molecule has 158 valence electrons. The van der Waals surface area contributed by atoms with Crippen LogP contribution in [0.1, 0.15) is 29.9 Å². The second-order valence-corrected chi connectivity index (χ2v) is 7.91. The average Bonchev–Trinajstić information content (AvgIpc) is 3.44. The molecule has 0 aliphatic carbocycles. The van der Waals surface area contributed by atoms with E-state index in [1.54, 1.807) is 42.3 Å². The normalized spacial score (nSPS) is 10.9. The van der Waals surface area contributed by atoms with Crippen molar-refractivity contribution in [2.75, 3.05) is 11.1 Å². The summed E-state index contributed by atoms with van der Waals surface area (Å²) in [5.74, 6) is 1.68. The first-order valence-electron chi connectivity index (χ1n) is 9.86. The highest BCUT2D eigenvalue weighted by atomic mass is 32.2. The van der Waals surface area contributed by atoms with Gasteiger partial charge in [-0.1, -0.05) is 26.0 Å². The summed E-state index contributed by atoms with van der Waals surface area (Å²) < 4.78 is 6.86. The van der Waals surface area contributed by atoms with Gasteiger partial charge in [-0.15, -0.1) is 11.8 Å². The fourth-order valence-electron chi connectivity index (χ4n) is 3.07. The number of aromatic amines is 1. The Morgan fingerprint density at radius 3 is 2.77 bits per heavy atom. The van der Waals surface area contributed by atoms with Crippen LogP contribution in [0.4, 0.5) is 5.82 Å². The molecule has 1 aromatic carbocycles. The molecule has 0 saturated heterocycles. The van der Waals surface area contributed by atoms with Gasteiger partial charge in [-0.3, -0.25) is 14.6 Å². The highest BCUT2D eigenvalue weighted by molar-refractivity contribution is 7.99. The number of benzene rings is 1. The third-order valence-corrected chi connectivity index (χ3v) is 5.46. The van der Waals surface area contributed by atoms with E-state index in [4.69, 9.17) is 4.42 Å². The van der Waals surface area contributed by atoms with E-state index in [0.717, 1.165) is 10.6 Å². The first kappa shape index (κ1) is 20.7. The Morgan fingerprint density at radius 1 is 1.19 bits per heavy atom. The fourth-order valence-corrected chi connectivity index (χ4v) is 3.87. The number of amides is 1. The predicted octanol–water partition coefficient (Wildman–Crippen LogP) is 4.14. The van der Waals surface area contributed by atoms with Gasteiger partial charge in [-0.05, 0) is 36.4 Å². The number of nitrogens with one attached hydrogen (secondary N) is 2. The zero-order chi connectivity index (χ0) is 21.8. The van der Waals surface area contributed by atoms with Gasteiger partial charge < -0.3 is 9.73 Å². The van der Waals surface area contributed by atoms with Crippen molar-refractivity contribution < 1.29 is 9.21 Å². The Morgan fingerprint density at radius 2 is 2.03 bits per heavy atom. The van der Waals surface area contributed by atoms with E-state index in [-0.39, 0.29) is 17.4 Å². The maximum Gasteiger partial charge on any atom is 0.257 e. The number of hydrogen-bond donors (Lipinski definition) is 2. The van der Waals surface area contributed by atoms with Gasteiger partial charge in [-0.2, -0.15) is 9.78 Å². The maximum atomic E-state index is 13.1. The fraction of sp³-hybridized carbons (Fsp3) is 0.182. The number of furan rings is 1. The number of thioether (sulfide) groups is 1. The lowest BCUT2D eigenvalue weighted by Crippen LogP contribution is -2.19. The molecular formula is C22H21N5O3S. The number of carbonyl (C=O) groups excluding carboxylic acids is 1. The van der Waals surface area contributed by atoms with E-state index in [1.165, 1.54) is 10.7 Å². The van der Waals surface area contributed by atoms with Crippen molar-refractivity contribution in [3.05, 3.63) is 76.4 Å². The van der Waals surface area contributed by atoms with Crippen LogP contribution in [0.5, 0.6) is 0 Å². The van der Waals surface area contributed by atoms with Crippen molar-refractivity contribution >= 4 is 23.5 Å². The van der Waals surface area contributed by atoms with Crippen molar-refractivity contribution in [3.8, 4) is 17.4 Å². The SMILES string of the molecule is CCSc1ccccc1C(=O)Nc1cc(-c2ccco2)nn1-c1nc(CC)cc(=O)[nH]1. The van der Waals surface area contributed by atoms with E-state index in [0.29, 0.717) is 35.0 Å². The minimum absolute atomic E-state index is 0.216. The van der Waals surface area contributed by atoms with Crippen molar-refractivity contribution in [1.82, 2.24) is 19.7 Å². The summed E-state index contributed by atoms with van der Waals surface area (Å²) in [7, 11) is 0. The third-order valence-electron chi connectivity index (χ3n) is 4.50. The van der Waals surface area contributed by atoms with Gasteiger partial charge in [0, 0.05) is 22.7 Å². The van der Waals surface area contributed by atoms with E-state index >= 15 is 0 Å². The Hall–Kier alpha value is -3.59. The molecule has 0 spiro atoms. The van der Waals surface area contributed by atoms with E-state index in [9.17, 15) is 9.59 Å². The molecule has 0 saturated carbocycles. The predicted molar refractivity (Wildman–Crippen MR) is 120 cm³/mol. The Bertz CT molecular complexity index is 1260. The first-order chi connectivity index (χ1) is 15.1. The van der Waals surface area contributed by atoms with Gasteiger partial charge in [0.05, 0.1) is 11.8 Å². The molecule has 0 unspecified atom stereocenters. The number of rotatable bonds is 7. The summed E-state index contributed by atoms with van der Waals surface area (Å²) in [6, 6.07) is 14.1. The highest BCUT2D eigenvalue weighted by Crippen LogP contribution is 2.26. The Balaban J connectivity index is 1.77. The quantitative estimate of drug-likeness (QED) is 0.423. The molecule has 0 bridgehead atoms. The Labute approximate surface area is 182 Å². The highest BCUT2D eigenvalue weighted by Gasteiger charge is 2.19. The van der Waals surface area contributed by atoms with Crippen molar-refractivity contribution in [1.29, 1.82) is 0 Å². The molecule has 4 rings (SSSR count). The third kappa shape index (κ3) is 4.46. The van der Waals surface area contributed by atoms with Gasteiger partial charge in [0.15, 0.2) is 5.76 Å². The molecule has 0 aliphatic heterocycles. The average molecular weight is 436 g/mol. The van der Waals surface area contributed by atoms with Gasteiger partial charge in [0.2, 0.25) is 5.95 Å². The molecule has 3 heterocycles.